The zero-order valence-corrected chi connectivity index (χ0v) is 13.7. The van der Waals surface area contributed by atoms with Crippen molar-refractivity contribution >= 4 is 5.84 Å². The molecular weight excluding hydrogens is 244 g/mol. The molecule has 0 saturated heterocycles. The Kier molecular flexibility index (Phi) is 11.8. The van der Waals surface area contributed by atoms with Crippen LogP contribution in [0.25, 0.3) is 5.32 Å². The van der Waals surface area contributed by atoms with E-state index in [9.17, 15) is 0 Å². The quantitative estimate of drug-likeness (QED) is 0.336. The molecule has 1 heterocycles. The maximum Gasteiger partial charge on any atom is -0.0362 e. The van der Waals surface area contributed by atoms with Gasteiger partial charge in [-0.15, -0.1) is 0 Å². The molecule has 0 atom stereocenters. The fraction of sp³-hybridized carbons (Fsp3) is 0.944. The smallest absolute Gasteiger partial charge is 0.0362 e. The van der Waals surface area contributed by atoms with Crippen molar-refractivity contribution in [3.63, 3.8) is 0 Å². The molecule has 20 heavy (non-hydrogen) atoms. The molecule has 0 radical (unpaired) electrons. The second kappa shape index (κ2) is 13.5. The van der Waals surface area contributed by atoms with Gasteiger partial charge in [0.25, 0.3) is 0 Å². The first-order chi connectivity index (χ1) is 9.93. The Labute approximate surface area is 126 Å². The van der Waals surface area contributed by atoms with E-state index in [2.05, 4.69) is 17.2 Å². The Balaban J connectivity index is 1.68. The Morgan fingerprint density at radius 3 is 1.70 bits per heavy atom. The lowest BCUT2D eigenvalue weighted by Crippen LogP contribution is -1.92. The van der Waals surface area contributed by atoms with Crippen LogP contribution < -0.4 is 0 Å². The predicted octanol–water partition coefficient (Wildman–Crippen LogP) is 6.25. The maximum atomic E-state index is 4.38. The van der Waals surface area contributed by atoms with E-state index in [0.717, 1.165) is 25.3 Å². The van der Waals surface area contributed by atoms with Crippen LogP contribution in [-0.2, 0) is 0 Å². The first kappa shape index (κ1) is 17.5. The minimum Gasteiger partial charge on any atom is -0.469 e. The summed E-state index contributed by atoms with van der Waals surface area (Å²) in [5.74, 6) is 1.13. The lowest BCUT2D eigenvalue weighted by Gasteiger charge is -2.09. The summed E-state index contributed by atoms with van der Waals surface area (Å²) < 4.78 is 0. The minimum absolute atomic E-state index is 0.938. The molecule has 0 spiro atoms. The lowest BCUT2D eigenvalue weighted by atomic mass is 10.0. The van der Waals surface area contributed by atoms with Gasteiger partial charge in [-0.3, -0.25) is 0 Å². The lowest BCUT2D eigenvalue weighted by molar-refractivity contribution is 0.541. The highest BCUT2D eigenvalue weighted by atomic mass is 15.1. The highest BCUT2D eigenvalue weighted by molar-refractivity contribution is 5.95. The summed E-state index contributed by atoms with van der Waals surface area (Å²) in [6, 6.07) is 0. The topological polar surface area (TPSA) is 26.5 Å². The number of nitrogens with zero attached hydrogens (tertiary/aromatic N) is 2. The molecule has 0 fully saturated rings. The van der Waals surface area contributed by atoms with Crippen LogP contribution in [0.5, 0.6) is 0 Å². The zero-order chi connectivity index (χ0) is 14.3. The molecule has 0 amide bonds. The van der Waals surface area contributed by atoms with Crippen molar-refractivity contribution in [1.29, 1.82) is 0 Å². The molecule has 1 aliphatic heterocycles. The van der Waals surface area contributed by atoms with Gasteiger partial charge in [0.05, 0.1) is 0 Å². The summed E-state index contributed by atoms with van der Waals surface area (Å²) in [5.41, 5.74) is 0. The minimum atomic E-state index is 0.938. The van der Waals surface area contributed by atoms with Crippen LogP contribution in [0, 0.1) is 0 Å². The number of unbranched alkanes of at least 4 members (excludes halogenated alkanes) is 12. The van der Waals surface area contributed by atoms with E-state index in [4.69, 9.17) is 0 Å². The molecule has 0 unspecified atom stereocenters. The molecule has 118 valence electrons. The third-order valence-corrected chi connectivity index (χ3v) is 4.19. The molecule has 0 N–H and O–H groups in total. The SMILES string of the molecule is CCCCCCCCCCCCCCCC1=NCC[N-]1. The Morgan fingerprint density at radius 1 is 0.750 bits per heavy atom. The molecule has 0 aliphatic carbocycles. The van der Waals surface area contributed by atoms with Gasteiger partial charge in [-0.2, -0.15) is 0 Å². The summed E-state index contributed by atoms with van der Waals surface area (Å²) in [7, 11) is 0. The van der Waals surface area contributed by atoms with Crippen molar-refractivity contribution in [1.82, 2.24) is 0 Å². The van der Waals surface area contributed by atoms with Crippen LogP contribution >= 0.6 is 0 Å². The van der Waals surface area contributed by atoms with Crippen molar-refractivity contribution in [3.8, 4) is 0 Å². The van der Waals surface area contributed by atoms with E-state index >= 15 is 0 Å². The van der Waals surface area contributed by atoms with E-state index in [1.165, 1.54) is 83.5 Å². The van der Waals surface area contributed by atoms with E-state index in [1.54, 1.807) is 0 Å². The second-order valence-electron chi connectivity index (χ2n) is 6.17. The summed E-state index contributed by atoms with van der Waals surface area (Å²) in [5, 5.41) is 4.38. The van der Waals surface area contributed by atoms with Crippen molar-refractivity contribution < 1.29 is 0 Å². The van der Waals surface area contributed by atoms with E-state index < -0.39 is 0 Å². The standard InChI is InChI=1S/C18H35N2/c1-2-3-4-5-6-7-8-9-10-11-12-13-14-15-18-19-16-17-20-18/h2-17H2,1H3/q-1. The molecule has 0 aromatic heterocycles. The van der Waals surface area contributed by atoms with Gasteiger partial charge in [-0.05, 0) is 12.8 Å². The molecule has 1 rings (SSSR count). The van der Waals surface area contributed by atoms with Crippen molar-refractivity contribution in [3.05, 3.63) is 5.32 Å². The average molecular weight is 279 g/mol. The van der Waals surface area contributed by atoms with Crippen molar-refractivity contribution in [2.45, 2.75) is 96.8 Å². The third kappa shape index (κ3) is 10.3. The first-order valence-corrected chi connectivity index (χ1v) is 9.14. The predicted molar refractivity (Wildman–Crippen MR) is 90.8 cm³/mol. The van der Waals surface area contributed by atoms with E-state index in [1.807, 2.05) is 0 Å². The molecule has 2 heteroatoms. The molecule has 0 aromatic carbocycles. The highest BCUT2D eigenvalue weighted by Gasteiger charge is 1.96. The number of rotatable bonds is 14. The Hall–Kier alpha value is -0.530. The molecular formula is C18H35N2-. The van der Waals surface area contributed by atoms with Crippen LogP contribution in [0.15, 0.2) is 4.99 Å². The van der Waals surface area contributed by atoms with Gasteiger partial charge in [0.1, 0.15) is 0 Å². The summed E-state index contributed by atoms with van der Waals surface area (Å²) in [6.45, 7) is 4.16. The number of hydrogen-bond acceptors (Lipinski definition) is 1. The van der Waals surface area contributed by atoms with Gasteiger partial charge in [0, 0.05) is 0 Å². The van der Waals surface area contributed by atoms with Gasteiger partial charge in [0.15, 0.2) is 0 Å². The molecule has 2 nitrogen and oxygen atoms in total. The number of aliphatic imine (C=N–C) groups is 1. The highest BCUT2D eigenvalue weighted by Crippen LogP contribution is 2.14. The molecule has 0 bridgehead atoms. The summed E-state index contributed by atoms with van der Waals surface area (Å²) in [6.07, 6.45) is 19.6. The first-order valence-electron chi connectivity index (χ1n) is 9.14. The van der Waals surface area contributed by atoms with Crippen molar-refractivity contribution in [2.75, 3.05) is 13.1 Å². The van der Waals surface area contributed by atoms with E-state index in [-0.39, 0.29) is 0 Å². The van der Waals surface area contributed by atoms with Crippen molar-refractivity contribution in [2.24, 2.45) is 4.99 Å². The maximum absolute atomic E-state index is 4.38. The Morgan fingerprint density at radius 2 is 1.25 bits per heavy atom. The molecule has 0 aromatic rings. The van der Waals surface area contributed by atoms with Gasteiger partial charge in [-0.1, -0.05) is 103 Å². The van der Waals surface area contributed by atoms with Gasteiger partial charge < -0.3 is 10.3 Å². The monoisotopic (exact) mass is 279 g/mol. The zero-order valence-electron chi connectivity index (χ0n) is 13.7. The molecule has 0 saturated carbocycles. The van der Waals surface area contributed by atoms with Crippen LogP contribution in [0.2, 0.25) is 0 Å². The number of hydrogen-bond donors (Lipinski definition) is 0. The fourth-order valence-electron chi connectivity index (χ4n) is 2.87. The van der Waals surface area contributed by atoms with Gasteiger partial charge in [-0.25, -0.2) is 0 Å². The van der Waals surface area contributed by atoms with E-state index in [0.29, 0.717) is 0 Å². The van der Waals surface area contributed by atoms with Crippen LogP contribution in [0.4, 0.5) is 0 Å². The fourth-order valence-corrected chi connectivity index (χ4v) is 2.87. The van der Waals surface area contributed by atoms with Crippen LogP contribution in [-0.4, -0.2) is 18.9 Å². The Bertz CT molecular complexity index is 236. The number of amidine groups is 1. The summed E-state index contributed by atoms with van der Waals surface area (Å²) >= 11 is 0. The van der Waals surface area contributed by atoms with Crippen LogP contribution in [0.1, 0.15) is 96.8 Å². The largest absolute Gasteiger partial charge is 0.469 e. The van der Waals surface area contributed by atoms with Gasteiger partial charge >= 0.3 is 0 Å². The molecule has 1 aliphatic rings. The average Bonchev–Trinajstić information content (AvgIpc) is 2.97. The third-order valence-electron chi connectivity index (χ3n) is 4.19. The summed E-state index contributed by atoms with van der Waals surface area (Å²) in [4.78, 5) is 4.38. The van der Waals surface area contributed by atoms with Gasteiger partial charge in [0.2, 0.25) is 0 Å². The normalized spacial score (nSPS) is 14.3. The second-order valence-corrected chi connectivity index (χ2v) is 6.17. The van der Waals surface area contributed by atoms with Crippen LogP contribution in [0.3, 0.4) is 0 Å².